The number of carbonyl (C=O) groups is 1. The second-order valence-electron chi connectivity index (χ2n) is 5.71. The van der Waals surface area contributed by atoms with E-state index in [9.17, 15) is 4.79 Å². The Labute approximate surface area is 134 Å². The Kier molecular flexibility index (Phi) is 4.65. The van der Waals surface area contributed by atoms with Gasteiger partial charge in [0.05, 0.1) is 25.5 Å². The number of hydrogen-bond acceptors (Lipinski definition) is 6. The Bertz CT molecular complexity index is 552. The number of morpholine rings is 1. The third kappa shape index (κ3) is 2.85. The molecule has 0 aromatic rings. The van der Waals surface area contributed by atoms with Gasteiger partial charge in [0.2, 0.25) is 5.91 Å². The summed E-state index contributed by atoms with van der Waals surface area (Å²) in [5, 5.41) is 7.90. The summed E-state index contributed by atoms with van der Waals surface area (Å²) in [6.45, 7) is 4.87. The van der Waals surface area contributed by atoms with Crippen molar-refractivity contribution >= 4 is 29.1 Å². The molecule has 3 aliphatic heterocycles. The molecule has 1 N–H and O–H groups in total. The zero-order chi connectivity index (χ0) is 15.7. The first-order valence-corrected chi connectivity index (χ1v) is 8.41. The summed E-state index contributed by atoms with van der Waals surface area (Å²) in [7, 11) is 1.66. The minimum atomic E-state index is -0.445. The SMILES string of the molecule is COCC1=C2C(=N)C(C(=O)N3CCOCC3)SC2N=C(C)C1. The Morgan fingerprint density at radius 3 is 2.91 bits per heavy atom. The van der Waals surface area contributed by atoms with Crippen molar-refractivity contribution in [1.82, 2.24) is 4.90 Å². The number of methoxy groups -OCH3 is 1. The van der Waals surface area contributed by atoms with Gasteiger partial charge >= 0.3 is 0 Å². The van der Waals surface area contributed by atoms with Gasteiger partial charge in [-0.3, -0.25) is 9.79 Å². The van der Waals surface area contributed by atoms with Crippen molar-refractivity contribution in [2.24, 2.45) is 4.99 Å². The topological polar surface area (TPSA) is 75.0 Å². The van der Waals surface area contributed by atoms with Crippen molar-refractivity contribution in [3.8, 4) is 0 Å². The lowest BCUT2D eigenvalue weighted by molar-refractivity contribution is -0.133. The quantitative estimate of drug-likeness (QED) is 0.844. The van der Waals surface area contributed by atoms with Crippen molar-refractivity contribution in [3.05, 3.63) is 11.1 Å². The molecule has 7 heteroatoms. The highest BCUT2D eigenvalue weighted by atomic mass is 32.2. The summed E-state index contributed by atoms with van der Waals surface area (Å²) in [6.07, 6.45) is 0.737. The summed E-state index contributed by atoms with van der Waals surface area (Å²) >= 11 is 1.48. The van der Waals surface area contributed by atoms with Crippen molar-refractivity contribution in [2.45, 2.75) is 24.0 Å². The molecule has 22 heavy (non-hydrogen) atoms. The number of rotatable bonds is 3. The Hall–Kier alpha value is -1.18. The lowest BCUT2D eigenvalue weighted by Gasteiger charge is -2.28. The third-order valence-electron chi connectivity index (χ3n) is 4.12. The van der Waals surface area contributed by atoms with Gasteiger partial charge < -0.3 is 19.8 Å². The third-order valence-corrected chi connectivity index (χ3v) is 5.43. The molecule has 0 spiro atoms. The van der Waals surface area contributed by atoms with Crippen LogP contribution in [0, 0.1) is 5.41 Å². The fraction of sp³-hybridized carbons (Fsp3) is 0.667. The van der Waals surface area contributed by atoms with Gasteiger partial charge in [-0.15, -0.1) is 11.8 Å². The van der Waals surface area contributed by atoms with Crippen LogP contribution in [0.5, 0.6) is 0 Å². The minimum Gasteiger partial charge on any atom is -0.380 e. The van der Waals surface area contributed by atoms with Crippen LogP contribution in [-0.4, -0.2) is 72.9 Å². The van der Waals surface area contributed by atoms with Crippen LogP contribution >= 0.6 is 11.8 Å². The number of hydrogen-bond donors (Lipinski definition) is 1. The predicted molar refractivity (Wildman–Crippen MR) is 86.9 cm³/mol. The molecular formula is C15H21N3O3S. The number of aliphatic imine (C=N–C) groups is 1. The maximum Gasteiger partial charge on any atom is 0.242 e. The number of ether oxygens (including phenoxy) is 2. The molecule has 1 amide bonds. The maximum absolute atomic E-state index is 12.7. The highest BCUT2D eigenvalue weighted by Crippen LogP contribution is 2.42. The van der Waals surface area contributed by atoms with Crippen molar-refractivity contribution in [1.29, 1.82) is 5.41 Å². The number of nitrogens with one attached hydrogen (secondary N) is 1. The molecule has 0 saturated carbocycles. The average molecular weight is 323 g/mol. The molecule has 0 aromatic heterocycles. The van der Waals surface area contributed by atoms with Crippen molar-refractivity contribution in [3.63, 3.8) is 0 Å². The first kappa shape index (κ1) is 15.7. The number of thioether (sulfide) groups is 1. The van der Waals surface area contributed by atoms with Gasteiger partial charge in [-0.1, -0.05) is 0 Å². The summed E-state index contributed by atoms with van der Waals surface area (Å²) in [5.74, 6) is 0.0184. The van der Waals surface area contributed by atoms with Crippen molar-refractivity contribution < 1.29 is 14.3 Å². The standard InChI is InChI=1S/C15H21N3O3S/c1-9-7-10(8-20-2)11-12(16)13(22-14(11)17-9)15(19)18-3-5-21-6-4-18/h13-14,16H,3-8H2,1-2H3. The van der Waals surface area contributed by atoms with E-state index >= 15 is 0 Å². The van der Waals surface area contributed by atoms with E-state index in [1.807, 2.05) is 6.92 Å². The second kappa shape index (κ2) is 6.52. The van der Waals surface area contributed by atoms with Gasteiger partial charge in [-0.25, -0.2) is 0 Å². The molecule has 3 heterocycles. The molecule has 2 atom stereocenters. The average Bonchev–Trinajstić information content (AvgIpc) is 2.84. The molecule has 0 aromatic carbocycles. The number of nitrogens with zero attached hydrogens (tertiary/aromatic N) is 2. The van der Waals surface area contributed by atoms with E-state index in [1.54, 1.807) is 12.0 Å². The number of dihydropyridines is 1. The number of fused-ring (bicyclic) bond motifs is 1. The van der Waals surface area contributed by atoms with E-state index in [0.29, 0.717) is 38.6 Å². The predicted octanol–water partition coefficient (Wildman–Crippen LogP) is 1.11. The van der Waals surface area contributed by atoms with Crippen LogP contribution in [-0.2, 0) is 14.3 Å². The first-order chi connectivity index (χ1) is 10.6. The van der Waals surface area contributed by atoms with Crippen LogP contribution in [0.1, 0.15) is 13.3 Å². The fourth-order valence-corrected chi connectivity index (χ4v) is 4.54. The Balaban J connectivity index is 1.83. The summed E-state index contributed by atoms with van der Waals surface area (Å²) < 4.78 is 10.6. The second-order valence-corrected chi connectivity index (χ2v) is 6.90. The van der Waals surface area contributed by atoms with Gasteiger partial charge in [0.25, 0.3) is 0 Å². The molecule has 2 saturated heterocycles. The normalized spacial score (nSPS) is 28.7. The van der Waals surface area contributed by atoms with Crippen LogP contribution in [0.2, 0.25) is 0 Å². The van der Waals surface area contributed by atoms with Crippen LogP contribution in [0.4, 0.5) is 0 Å². The van der Waals surface area contributed by atoms with E-state index < -0.39 is 5.25 Å². The highest BCUT2D eigenvalue weighted by Gasteiger charge is 2.44. The number of carbonyl (C=O) groups excluding carboxylic acids is 1. The molecule has 0 bridgehead atoms. The highest BCUT2D eigenvalue weighted by molar-refractivity contribution is 8.02. The zero-order valence-corrected chi connectivity index (χ0v) is 13.7. The Morgan fingerprint density at radius 2 is 2.23 bits per heavy atom. The van der Waals surface area contributed by atoms with E-state index in [2.05, 4.69) is 4.99 Å². The molecule has 120 valence electrons. The molecule has 0 radical (unpaired) electrons. The molecule has 0 aliphatic carbocycles. The largest absolute Gasteiger partial charge is 0.380 e. The maximum atomic E-state index is 12.7. The van der Waals surface area contributed by atoms with Crippen LogP contribution < -0.4 is 0 Å². The molecule has 2 fully saturated rings. The van der Waals surface area contributed by atoms with E-state index in [-0.39, 0.29) is 11.3 Å². The van der Waals surface area contributed by atoms with Crippen LogP contribution in [0.25, 0.3) is 0 Å². The molecule has 3 rings (SSSR count). The lowest BCUT2D eigenvalue weighted by atomic mass is 9.95. The van der Waals surface area contributed by atoms with E-state index in [1.165, 1.54) is 11.8 Å². The summed E-state index contributed by atoms with van der Waals surface area (Å²) in [4.78, 5) is 19.1. The monoisotopic (exact) mass is 323 g/mol. The zero-order valence-electron chi connectivity index (χ0n) is 12.9. The van der Waals surface area contributed by atoms with Gasteiger partial charge in [0.1, 0.15) is 10.6 Å². The van der Waals surface area contributed by atoms with Crippen LogP contribution in [0.3, 0.4) is 0 Å². The summed E-state index contributed by atoms with van der Waals surface area (Å²) in [6, 6.07) is 0. The molecule has 6 nitrogen and oxygen atoms in total. The molecule has 3 aliphatic rings. The molecule has 2 unspecified atom stereocenters. The van der Waals surface area contributed by atoms with Crippen molar-refractivity contribution in [2.75, 3.05) is 40.0 Å². The fourth-order valence-electron chi connectivity index (χ4n) is 3.08. The first-order valence-electron chi connectivity index (χ1n) is 7.46. The van der Waals surface area contributed by atoms with E-state index in [4.69, 9.17) is 14.9 Å². The molecular weight excluding hydrogens is 302 g/mol. The smallest absolute Gasteiger partial charge is 0.242 e. The van der Waals surface area contributed by atoms with Gasteiger partial charge in [0, 0.05) is 37.9 Å². The van der Waals surface area contributed by atoms with Gasteiger partial charge in [-0.2, -0.15) is 0 Å². The summed E-state index contributed by atoms with van der Waals surface area (Å²) in [5.41, 5.74) is 3.45. The van der Waals surface area contributed by atoms with E-state index in [0.717, 1.165) is 23.3 Å². The minimum absolute atomic E-state index is 0.0184. The number of amides is 1. The Morgan fingerprint density at radius 1 is 1.50 bits per heavy atom. The van der Waals surface area contributed by atoms with Crippen LogP contribution in [0.15, 0.2) is 16.1 Å². The van der Waals surface area contributed by atoms with Gasteiger partial charge in [-0.05, 0) is 12.5 Å². The lowest BCUT2D eigenvalue weighted by Crippen LogP contribution is -2.46. The van der Waals surface area contributed by atoms with Gasteiger partial charge in [0.15, 0.2) is 0 Å².